The van der Waals surface area contributed by atoms with Crippen molar-refractivity contribution in [2.45, 2.75) is 90.9 Å². The lowest BCUT2D eigenvalue weighted by molar-refractivity contribution is 0.290. The molecule has 4 heteroatoms. The molecule has 0 unspecified atom stereocenters. The summed E-state index contributed by atoms with van der Waals surface area (Å²) >= 11 is 0. The SMILES string of the molecule is CCCCCCCCOc1ccc(N[C]=O)c(OCCCCCCCC)c1. The highest BCUT2D eigenvalue weighted by Gasteiger charge is 2.06. The Kier molecular flexibility index (Phi) is 14.2. The van der Waals surface area contributed by atoms with Crippen LogP contribution in [0.3, 0.4) is 0 Å². The number of amides is 1. The van der Waals surface area contributed by atoms with Gasteiger partial charge in [-0.3, -0.25) is 4.79 Å². The maximum absolute atomic E-state index is 10.7. The number of hydrogen-bond acceptors (Lipinski definition) is 3. The van der Waals surface area contributed by atoms with Crippen LogP contribution < -0.4 is 14.8 Å². The van der Waals surface area contributed by atoms with Crippen LogP contribution in [0.4, 0.5) is 5.69 Å². The molecule has 0 spiro atoms. The Balaban J connectivity index is 2.35. The van der Waals surface area contributed by atoms with Crippen LogP contribution in [0.2, 0.25) is 0 Å². The molecule has 0 fully saturated rings. The van der Waals surface area contributed by atoms with Crippen molar-refractivity contribution >= 4 is 12.1 Å². The summed E-state index contributed by atoms with van der Waals surface area (Å²) in [6.07, 6.45) is 16.5. The predicted molar refractivity (Wildman–Crippen MR) is 114 cm³/mol. The van der Waals surface area contributed by atoms with E-state index in [9.17, 15) is 4.79 Å². The van der Waals surface area contributed by atoms with E-state index in [0.29, 0.717) is 18.0 Å². The van der Waals surface area contributed by atoms with Crippen molar-refractivity contribution in [3.63, 3.8) is 0 Å². The van der Waals surface area contributed by atoms with Crippen molar-refractivity contribution in [3.05, 3.63) is 18.2 Å². The van der Waals surface area contributed by atoms with E-state index in [1.807, 2.05) is 18.2 Å². The fourth-order valence-electron chi connectivity index (χ4n) is 3.01. The minimum absolute atomic E-state index is 0.642. The lowest BCUT2D eigenvalue weighted by atomic mass is 10.1. The third kappa shape index (κ3) is 11.6. The van der Waals surface area contributed by atoms with Crippen LogP contribution in [0.15, 0.2) is 18.2 Å². The molecule has 1 rings (SSSR count). The topological polar surface area (TPSA) is 47.6 Å². The van der Waals surface area contributed by atoms with E-state index in [1.165, 1.54) is 64.2 Å². The van der Waals surface area contributed by atoms with E-state index in [1.54, 1.807) is 6.41 Å². The van der Waals surface area contributed by atoms with E-state index in [2.05, 4.69) is 19.2 Å². The fourth-order valence-corrected chi connectivity index (χ4v) is 3.01. The van der Waals surface area contributed by atoms with E-state index in [-0.39, 0.29) is 0 Å². The van der Waals surface area contributed by atoms with Crippen LogP contribution in [0, 0.1) is 0 Å². The normalized spacial score (nSPS) is 10.6. The third-order valence-corrected chi connectivity index (χ3v) is 4.66. The van der Waals surface area contributed by atoms with E-state index in [4.69, 9.17) is 9.47 Å². The molecular weight excluding hydrogens is 338 g/mol. The van der Waals surface area contributed by atoms with Gasteiger partial charge in [0.2, 0.25) is 0 Å². The Bertz CT molecular complexity index is 491. The maximum Gasteiger partial charge on any atom is 0.314 e. The highest BCUT2D eigenvalue weighted by Crippen LogP contribution is 2.29. The summed E-state index contributed by atoms with van der Waals surface area (Å²) in [7, 11) is 0. The van der Waals surface area contributed by atoms with Crippen molar-refractivity contribution in [3.8, 4) is 11.5 Å². The molecule has 0 aliphatic carbocycles. The van der Waals surface area contributed by atoms with Crippen LogP contribution in [0.1, 0.15) is 90.9 Å². The Labute approximate surface area is 166 Å². The minimum Gasteiger partial charge on any atom is -0.493 e. The molecule has 0 aromatic heterocycles. The van der Waals surface area contributed by atoms with Crippen molar-refractivity contribution in [2.75, 3.05) is 18.5 Å². The first-order chi connectivity index (χ1) is 13.3. The molecule has 4 nitrogen and oxygen atoms in total. The van der Waals surface area contributed by atoms with E-state index >= 15 is 0 Å². The van der Waals surface area contributed by atoms with Gasteiger partial charge in [-0.2, -0.15) is 0 Å². The summed E-state index contributed by atoms with van der Waals surface area (Å²) in [5, 5.41) is 2.58. The van der Waals surface area contributed by atoms with Crippen LogP contribution >= 0.6 is 0 Å². The smallest absolute Gasteiger partial charge is 0.314 e. The molecule has 1 amide bonds. The van der Waals surface area contributed by atoms with Gasteiger partial charge in [-0.1, -0.05) is 78.1 Å². The number of carbonyl (C=O) groups excluding carboxylic acids is 1. The summed E-state index contributed by atoms with van der Waals surface area (Å²) in [5.41, 5.74) is 0.642. The second kappa shape index (κ2) is 16.5. The first-order valence-electron chi connectivity index (χ1n) is 10.8. The van der Waals surface area contributed by atoms with Gasteiger partial charge in [0, 0.05) is 6.07 Å². The molecule has 0 aliphatic heterocycles. The Morgan fingerprint density at radius 1 is 0.778 bits per heavy atom. The molecule has 153 valence electrons. The van der Waals surface area contributed by atoms with Crippen molar-refractivity contribution in [1.29, 1.82) is 0 Å². The van der Waals surface area contributed by atoms with Gasteiger partial charge in [-0.05, 0) is 25.0 Å². The molecule has 27 heavy (non-hydrogen) atoms. The van der Waals surface area contributed by atoms with Gasteiger partial charge >= 0.3 is 6.41 Å². The zero-order valence-corrected chi connectivity index (χ0v) is 17.4. The number of rotatable bonds is 18. The zero-order valence-electron chi connectivity index (χ0n) is 17.4. The second-order valence-electron chi connectivity index (χ2n) is 7.12. The lowest BCUT2D eigenvalue weighted by Crippen LogP contribution is -2.04. The van der Waals surface area contributed by atoms with Crippen LogP contribution in [0.5, 0.6) is 11.5 Å². The average molecular weight is 377 g/mol. The molecule has 0 bridgehead atoms. The van der Waals surface area contributed by atoms with Gasteiger partial charge < -0.3 is 14.8 Å². The molecule has 1 radical (unpaired) electrons. The highest BCUT2D eigenvalue weighted by atomic mass is 16.5. The quantitative estimate of drug-likeness (QED) is 0.231. The predicted octanol–water partition coefficient (Wildman–Crippen LogP) is 6.64. The number of anilines is 1. The zero-order chi connectivity index (χ0) is 19.6. The number of benzene rings is 1. The second-order valence-corrected chi connectivity index (χ2v) is 7.12. The monoisotopic (exact) mass is 376 g/mol. The first kappa shape index (κ1) is 23.3. The van der Waals surface area contributed by atoms with Gasteiger partial charge in [-0.15, -0.1) is 0 Å². The molecule has 0 aliphatic rings. The van der Waals surface area contributed by atoms with Crippen LogP contribution in [-0.4, -0.2) is 19.6 Å². The van der Waals surface area contributed by atoms with Gasteiger partial charge in [0.1, 0.15) is 11.5 Å². The molecule has 1 N–H and O–H groups in total. The average Bonchev–Trinajstić information content (AvgIpc) is 2.68. The van der Waals surface area contributed by atoms with Crippen molar-refractivity contribution < 1.29 is 14.3 Å². The Hall–Kier alpha value is -1.71. The molecule has 0 atom stereocenters. The lowest BCUT2D eigenvalue weighted by Gasteiger charge is -2.13. The number of unbranched alkanes of at least 4 members (excludes halogenated alkanes) is 10. The standard InChI is InChI=1S/C23H38NO3/c1-3-5-7-9-11-13-17-26-21-15-16-22(24-20-25)23(19-21)27-18-14-12-10-8-6-4-2/h15-16,19H,3-14,17-18H2,1-2H3,(H,24,25). The van der Waals surface area contributed by atoms with Gasteiger partial charge in [-0.25, -0.2) is 0 Å². The molecule has 1 aromatic rings. The van der Waals surface area contributed by atoms with Gasteiger partial charge in [0.25, 0.3) is 0 Å². The van der Waals surface area contributed by atoms with Crippen molar-refractivity contribution in [1.82, 2.24) is 0 Å². The molecular formula is C23H38NO3. The first-order valence-corrected chi connectivity index (χ1v) is 10.8. The third-order valence-electron chi connectivity index (χ3n) is 4.66. The summed E-state index contributed by atoms with van der Waals surface area (Å²) in [6.45, 7) is 5.83. The van der Waals surface area contributed by atoms with Crippen LogP contribution in [0.25, 0.3) is 0 Å². The number of hydrogen-bond donors (Lipinski definition) is 1. The van der Waals surface area contributed by atoms with E-state index in [0.717, 1.165) is 25.2 Å². The van der Waals surface area contributed by atoms with E-state index < -0.39 is 0 Å². The highest BCUT2D eigenvalue weighted by molar-refractivity contribution is 5.76. The molecule has 0 saturated carbocycles. The maximum atomic E-state index is 10.7. The summed E-state index contributed by atoms with van der Waals surface area (Å²) in [5.74, 6) is 1.45. The van der Waals surface area contributed by atoms with Gasteiger partial charge in [0.05, 0.1) is 18.9 Å². The molecule has 0 heterocycles. The Morgan fingerprint density at radius 2 is 1.33 bits per heavy atom. The largest absolute Gasteiger partial charge is 0.493 e. The van der Waals surface area contributed by atoms with Crippen LogP contribution in [-0.2, 0) is 4.79 Å². The fraction of sp³-hybridized carbons (Fsp3) is 0.696. The minimum atomic E-state index is 0.642. The number of ether oxygens (including phenoxy) is 2. The van der Waals surface area contributed by atoms with Gasteiger partial charge in [0.15, 0.2) is 0 Å². The summed E-state index contributed by atoms with van der Waals surface area (Å²) in [6, 6.07) is 5.56. The molecule has 1 aromatic carbocycles. The molecule has 0 saturated heterocycles. The van der Waals surface area contributed by atoms with Crippen molar-refractivity contribution in [2.24, 2.45) is 0 Å². The number of nitrogens with one attached hydrogen (secondary N) is 1. The Morgan fingerprint density at radius 3 is 1.93 bits per heavy atom. The summed E-state index contributed by atoms with van der Waals surface area (Å²) in [4.78, 5) is 10.7. The summed E-state index contributed by atoms with van der Waals surface area (Å²) < 4.78 is 11.7.